The number of carboxylic acids is 1. The van der Waals surface area contributed by atoms with Gasteiger partial charge in [0.25, 0.3) is 0 Å². The number of aliphatic carboxylic acids is 1. The van der Waals surface area contributed by atoms with Crippen LogP contribution in [0.1, 0.15) is 33.6 Å². The number of carboxylic acid groups (broad SMARTS) is 1. The maximum atomic E-state index is 12.0. The van der Waals surface area contributed by atoms with Crippen molar-refractivity contribution in [3.63, 3.8) is 0 Å². The lowest BCUT2D eigenvalue weighted by molar-refractivity contribution is -0.138. The molecule has 1 fully saturated rings. The van der Waals surface area contributed by atoms with Crippen molar-refractivity contribution in [2.75, 3.05) is 26.2 Å². The average molecular weight is 271 g/mol. The number of nitrogens with one attached hydrogen (secondary N) is 1. The van der Waals surface area contributed by atoms with Gasteiger partial charge in [0, 0.05) is 18.6 Å². The Hall–Kier alpha value is -1.30. The monoisotopic (exact) mass is 271 g/mol. The van der Waals surface area contributed by atoms with E-state index in [2.05, 4.69) is 17.1 Å². The summed E-state index contributed by atoms with van der Waals surface area (Å²) in [6.45, 7) is 8.16. The van der Waals surface area contributed by atoms with Crippen molar-refractivity contribution < 1.29 is 14.7 Å². The van der Waals surface area contributed by atoms with Gasteiger partial charge >= 0.3 is 12.0 Å². The van der Waals surface area contributed by atoms with Gasteiger partial charge in [-0.1, -0.05) is 6.92 Å². The molecule has 6 heteroatoms. The van der Waals surface area contributed by atoms with E-state index < -0.39 is 5.97 Å². The van der Waals surface area contributed by atoms with Crippen LogP contribution in [0.5, 0.6) is 0 Å². The number of urea groups is 1. The van der Waals surface area contributed by atoms with Crippen LogP contribution < -0.4 is 5.32 Å². The first-order valence-corrected chi connectivity index (χ1v) is 6.96. The second-order valence-corrected chi connectivity index (χ2v) is 5.23. The Balaban J connectivity index is 2.45. The molecule has 0 spiro atoms. The summed E-state index contributed by atoms with van der Waals surface area (Å²) in [7, 11) is 0. The lowest BCUT2D eigenvalue weighted by Gasteiger charge is -2.28. The largest absolute Gasteiger partial charge is 0.480 e. The molecule has 110 valence electrons. The molecule has 0 aromatic rings. The molecule has 1 unspecified atom stereocenters. The van der Waals surface area contributed by atoms with E-state index >= 15 is 0 Å². The quantitative estimate of drug-likeness (QED) is 0.755. The molecule has 1 aliphatic heterocycles. The summed E-state index contributed by atoms with van der Waals surface area (Å²) in [5.74, 6) is -0.986. The molecule has 6 nitrogen and oxygen atoms in total. The van der Waals surface area contributed by atoms with Crippen LogP contribution in [0.2, 0.25) is 0 Å². The smallest absolute Gasteiger partial charge is 0.323 e. The van der Waals surface area contributed by atoms with Gasteiger partial charge in [0.2, 0.25) is 0 Å². The lowest BCUT2D eigenvalue weighted by Crippen LogP contribution is -2.49. The van der Waals surface area contributed by atoms with Gasteiger partial charge in [-0.3, -0.25) is 9.69 Å². The fourth-order valence-electron chi connectivity index (χ4n) is 2.48. The van der Waals surface area contributed by atoms with Gasteiger partial charge in [-0.05, 0) is 39.8 Å². The summed E-state index contributed by atoms with van der Waals surface area (Å²) in [4.78, 5) is 26.4. The highest BCUT2D eigenvalue weighted by Gasteiger charge is 2.25. The van der Waals surface area contributed by atoms with Crippen LogP contribution in [0, 0.1) is 0 Å². The normalized spacial score (nSPS) is 19.7. The second-order valence-electron chi connectivity index (χ2n) is 5.23. The third-order valence-corrected chi connectivity index (χ3v) is 3.58. The first-order valence-electron chi connectivity index (χ1n) is 6.96. The SMILES string of the molecule is CCN1CCCC1CNC(=O)N(CC(=O)O)C(C)C. The highest BCUT2D eigenvalue weighted by atomic mass is 16.4. The number of hydrogen-bond donors (Lipinski definition) is 2. The molecule has 2 N–H and O–H groups in total. The van der Waals surface area contributed by atoms with Crippen molar-refractivity contribution in [2.24, 2.45) is 0 Å². The van der Waals surface area contributed by atoms with Crippen LogP contribution in [-0.2, 0) is 4.79 Å². The van der Waals surface area contributed by atoms with E-state index in [-0.39, 0.29) is 18.6 Å². The Morgan fingerprint density at radius 1 is 1.47 bits per heavy atom. The van der Waals surface area contributed by atoms with E-state index in [1.807, 2.05) is 13.8 Å². The van der Waals surface area contributed by atoms with Gasteiger partial charge in [0.1, 0.15) is 6.54 Å². The number of carbonyl (C=O) groups is 2. The molecular weight excluding hydrogens is 246 g/mol. The van der Waals surface area contributed by atoms with Crippen molar-refractivity contribution >= 4 is 12.0 Å². The number of amides is 2. The second kappa shape index (κ2) is 7.33. The van der Waals surface area contributed by atoms with Gasteiger partial charge in [0.15, 0.2) is 0 Å². The molecular formula is C13H25N3O3. The maximum absolute atomic E-state index is 12.0. The summed E-state index contributed by atoms with van der Waals surface area (Å²) >= 11 is 0. The van der Waals surface area contributed by atoms with Crippen molar-refractivity contribution in [2.45, 2.75) is 45.7 Å². The topological polar surface area (TPSA) is 72.9 Å². The maximum Gasteiger partial charge on any atom is 0.323 e. The lowest BCUT2D eigenvalue weighted by atomic mass is 10.2. The Bertz CT molecular complexity index is 320. The van der Waals surface area contributed by atoms with E-state index in [4.69, 9.17) is 5.11 Å². The Kier molecular flexibility index (Phi) is 6.08. The van der Waals surface area contributed by atoms with E-state index in [0.29, 0.717) is 12.6 Å². The number of nitrogens with zero attached hydrogens (tertiary/aromatic N) is 2. The first kappa shape index (κ1) is 15.8. The van der Waals surface area contributed by atoms with Crippen molar-refractivity contribution in [1.82, 2.24) is 15.1 Å². The van der Waals surface area contributed by atoms with Crippen LogP contribution >= 0.6 is 0 Å². The number of likely N-dealkylation sites (tertiary alicyclic amines) is 1. The number of likely N-dealkylation sites (N-methyl/N-ethyl adjacent to an activating group) is 1. The van der Waals surface area contributed by atoms with Crippen molar-refractivity contribution in [3.8, 4) is 0 Å². The molecule has 0 bridgehead atoms. The average Bonchev–Trinajstić information content (AvgIpc) is 2.79. The predicted octanol–water partition coefficient (Wildman–Crippen LogP) is 0.975. The number of rotatable bonds is 6. The number of hydrogen-bond acceptors (Lipinski definition) is 3. The van der Waals surface area contributed by atoms with Crippen molar-refractivity contribution in [3.05, 3.63) is 0 Å². The minimum atomic E-state index is -0.986. The van der Waals surface area contributed by atoms with Gasteiger partial charge in [-0.15, -0.1) is 0 Å². The van der Waals surface area contributed by atoms with E-state index in [0.717, 1.165) is 25.9 Å². The predicted molar refractivity (Wildman–Crippen MR) is 73.1 cm³/mol. The standard InChI is InChI=1S/C13H25N3O3/c1-4-15-7-5-6-11(15)8-14-13(19)16(10(2)3)9-12(17)18/h10-11H,4-9H2,1-3H3,(H,14,19)(H,17,18). The van der Waals surface area contributed by atoms with Crippen LogP contribution in [-0.4, -0.2) is 65.2 Å². The zero-order chi connectivity index (χ0) is 14.4. The molecule has 0 radical (unpaired) electrons. The highest BCUT2D eigenvalue weighted by molar-refractivity contribution is 5.80. The molecule has 2 amide bonds. The van der Waals surface area contributed by atoms with Crippen LogP contribution in [0.15, 0.2) is 0 Å². The third-order valence-electron chi connectivity index (χ3n) is 3.58. The van der Waals surface area contributed by atoms with E-state index in [1.165, 1.54) is 4.90 Å². The van der Waals surface area contributed by atoms with Crippen LogP contribution in [0.3, 0.4) is 0 Å². The number of carbonyl (C=O) groups excluding carboxylic acids is 1. The third kappa shape index (κ3) is 4.70. The van der Waals surface area contributed by atoms with E-state index in [1.54, 1.807) is 0 Å². The fraction of sp³-hybridized carbons (Fsp3) is 0.846. The van der Waals surface area contributed by atoms with Crippen molar-refractivity contribution in [1.29, 1.82) is 0 Å². The molecule has 1 rings (SSSR count). The van der Waals surface area contributed by atoms with Gasteiger partial charge < -0.3 is 15.3 Å². The molecule has 1 saturated heterocycles. The zero-order valence-corrected chi connectivity index (χ0v) is 12.1. The molecule has 19 heavy (non-hydrogen) atoms. The molecule has 1 aliphatic rings. The van der Waals surface area contributed by atoms with E-state index in [9.17, 15) is 9.59 Å². The molecule has 0 aromatic heterocycles. The van der Waals surface area contributed by atoms with Gasteiger partial charge in [-0.2, -0.15) is 0 Å². The minimum Gasteiger partial charge on any atom is -0.480 e. The summed E-state index contributed by atoms with van der Waals surface area (Å²) in [6.07, 6.45) is 2.26. The van der Waals surface area contributed by atoms with Gasteiger partial charge in [0.05, 0.1) is 0 Å². The molecule has 0 aliphatic carbocycles. The molecule has 1 atom stereocenters. The fourth-order valence-corrected chi connectivity index (χ4v) is 2.48. The van der Waals surface area contributed by atoms with Crippen LogP contribution in [0.25, 0.3) is 0 Å². The van der Waals surface area contributed by atoms with Gasteiger partial charge in [-0.25, -0.2) is 4.79 Å². The Labute approximate surface area is 114 Å². The molecule has 1 heterocycles. The highest BCUT2D eigenvalue weighted by Crippen LogP contribution is 2.15. The molecule has 0 aromatic carbocycles. The Morgan fingerprint density at radius 3 is 2.68 bits per heavy atom. The summed E-state index contributed by atoms with van der Waals surface area (Å²) < 4.78 is 0. The summed E-state index contributed by atoms with van der Waals surface area (Å²) in [5.41, 5.74) is 0. The minimum absolute atomic E-state index is 0.123. The Morgan fingerprint density at radius 2 is 2.16 bits per heavy atom. The summed E-state index contributed by atoms with van der Waals surface area (Å²) in [5, 5.41) is 11.7. The first-order chi connectivity index (χ1) is 8.95. The zero-order valence-electron chi connectivity index (χ0n) is 12.1. The molecule has 0 saturated carbocycles. The van der Waals surface area contributed by atoms with Crippen LogP contribution in [0.4, 0.5) is 4.79 Å². The summed E-state index contributed by atoms with van der Waals surface area (Å²) in [6, 6.07) is -0.0323.